The second kappa shape index (κ2) is 17.5. The maximum absolute atomic E-state index is 12.6. The van der Waals surface area contributed by atoms with Crippen molar-refractivity contribution >= 4 is 31.1 Å². The van der Waals surface area contributed by atoms with Crippen molar-refractivity contribution in [3.8, 4) is 6.07 Å². The van der Waals surface area contributed by atoms with E-state index in [1.807, 2.05) is 6.07 Å². The minimum absolute atomic E-state index is 0.145. The van der Waals surface area contributed by atoms with Gasteiger partial charge in [-0.1, -0.05) is 39.0 Å². The Morgan fingerprint density at radius 3 is 2.03 bits per heavy atom. The molecule has 2 rings (SSSR count). The fourth-order valence-corrected chi connectivity index (χ4v) is 8.30. The van der Waals surface area contributed by atoms with Gasteiger partial charge in [0.25, 0.3) is 0 Å². The van der Waals surface area contributed by atoms with E-state index in [0.29, 0.717) is 28.1 Å². The maximum atomic E-state index is 12.6. The zero-order valence-electron chi connectivity index (χ0n) is 21.9. The molecule has 1 amide bonds. The normalized spacial score (nSPS) is 11.5. The first-order valence-corrected chi connectivity index (χ1v) is 16.9. The molecule has 0 saturated carbocycles. The van der Waals surface area contributed by atoms with Gasteiger partial charge < -0.3 is 0 Å². The van der Waals surface area contributed by atoms with Crippen molar-refractivity contribution < 1.29 is 19.5 Å². The first-order valence-electron chi connectivity index (χ1n) is 13.3. The van der Waals surface area contributed by atoms with Crippen LogP contribution < -0.4 is 5.32 Å². The second-order valence-electron chi connectivity index (χ2n) is 9.41. The number of aliphatic carboxylic acids is 1. The third kappa shape index (κ3) is 11.8. The molecule has 0 aromatic heterocycles. The molecule has 0 saturated heterocycles. The van der Waals surface area contributed by atoms with Crippen molar-refractivity contribution in [3.05, 3.63) is 70.8 Å². The number of amides is 1. The third-order valence-corrected chi connectivity index (χ3v) is 11.0. The number of nitrogens with zero attached hydrogens (tertiary/aromatic N) is 1. The number of rotatable bonds is 18. The third-order valence-electron chi connectivity index (χ3n) is 6.31. The van der Waals surface area contributed by atoms with Crippen LogP contribution in [0.2, 0.25) is 0 Å². The Morgan fingerprint density at radius 2 is 1.43 bits per heavy atom. The van der Waals surface area contributed by atoms with Gasteiger partial charge in [-0.25, -0.2) is 0 Å². The van der Waals surface area contributed by atoms with Crippen molar-refractivity contribution in [1.82, 2.24) is 5.32 Å². The van der Waals surface area contributed by atoms with Gasteiger partial charge in [0.05, 0.1) is 0 Å². The van der Waals surface area contributed by atoms with Gasteiger partial charge in [0.1, 0.15) is 0 Å². The molecule has 7 heteroatoms. The van der Waals surface area contributed by atoms with Crippen LogP contribution in [0.15, 0.2) is 48.5 Å². The molecule has 37 heavy (non-hydrogen) atoms. The summed E-state index contributed by atoms with van der Waals surface area (Å²) in [6.07, 6.45) is 12.4. The van der Waals surface area contributed by atoms with Crippen LogP contribution >= 0.6 is 0 Å². The molecule has 2 aromatic carbocycles. The molecule has 1 atom stereocenters. The first kappa shape index (κ1) is 30.3. The molecule has 0 aliphatic rings. The van der Waals surface area contributed by atoms with Crippen molar-refractivity contribution in [2.75, 3.05) is 6.54 Å². The van der Waals surface area contributed by atoms with E-state index in [-0.39, 0.29) is 5.91 Å². The number of carbonyl (C=O) groups is 3. The average Bonchev–Trinajstić information content (AvgIpc) is 2.91. The molecule has 6 nitrogen and oxygen atoms in total. The predicted octanol–water partition coefficient (Wildman–Crippen LogP) is 5.76. The number of carboxylic acids is 1. The Hall–Kier alpha value is -2.90. The summed E-state index contributed by atoms with van der Waals surface area (Å²) in [7, 11) is 0. The number of nitriles is 1. The molecule has 0 fully saturated rings. The standard InChI is InChI=1S/C30H39AsN2O4/c1-2-3-4-5-6-7-8-9-10-11-19-33-29(35)27-14-12-13-26(20-27)22-31(28(34)30(36)37)21-24-15-17-25(23-32)18-16-24/h12-18,20H,2-11,19,21-22H2,1H3,(H,33,35)(H,36,37). The number of benzene rings is 2. The Labute approximate surface area is 225 Å². The molecule has 0 aliphatic heterocycles. The summed E-state index contributed by atoms with van der Waals surface area (Å²) in [5.41, 5.74) is 2.69. The van der Waals surface area contributed by atoms with Crippen LogP contribution in [0, 0.1) is 11.3 Å². The van der Waals surface area contributed by atoms with E-state index in [4.69, 9.17) is 5.26 Å². The molecule has 198 valence electrons. The monoisotopic (exact) mass is 566 g/mol. The first-order chi connectivity index (χ1) is 17.9. The van der Waals surface area contributed by atoms with Crippen molar-refractivity contribution in [2.45, 2.75) is 81.5 Å². The summed E-state index contributed by atoms with van der Waals surface area (Å²) in [5, 5.41) is 22.0. The zero-order valence-corrected chi connectivity index (χ0v) is 23.8. The summed E-state index contributed by atoms with van der Waals surface area (Å²) in [5.74, 6) is -1.55. The molecular formula is C30H39AsN2O4. The number of hydrogen-bond donors (Lipinski definition) is 2. The quantitative estimate of drug-likeness (QED) is 0.136. The SMILES string of the molecule is CCCCCCCCCCCCNC(=O)c1cccc(C[As](Cc2ccc(C#N)cc2)C(=O)C(=O)O)c1. The van der Waals surface area contributed by atoms with E-state index < -0.39 is 25.2 Å². The van der Waals surface area contributed by atoms with Crippen molar-refractivity contribution in [3.63, 3.8) is 0 Å². The Morgan fingerprint density at radius 1 is 0.838 bits per heavy atom. The van der Waals surface area contributed by atoms with E-state index in [1.165, 1.54) is 51.4 Å². The molecule has 0 radical (unpaired) electrons. The van der Waals surface area contributed by atoms with Crippen LogP contribution in [0.4, 0.5) is 0 Å². The minimum atomic E-state index is -2.50. The number of nitrogens with one attached hydrogen (secondary N) is 1. The summed E-state index contributed by atoms with van der Waals surface area (Å²) >= 11 is -2.50. The molecule has 1 unspecified atom stereocenters. The summed E-state index contributed by atoms with van der Waals surface area (Å²) in [4.78, 5) is 36.6. The number of carboxylic acid groups (broad SMARTS) is 1. The fraction of sp³-hybridized carbons (Fsp3) is 0.467. The second-order valence-corrected chi connectivity index (χ2v) is 13.9. The fourth-order valence-electron chi connectivity index (χ4n) is 4.19. The van der Waals surface area contributed by atoms with Crippen LogP contribution in [0.25, 0.3) is 0 Å². The number of unbranched alkanes of at least 4 members (excludes halogenated alkanes) is 9. The van der Waals surface area contributed by atoms with Gasteiger partial charge in [-0.2, -0.15) is 0 Å². The molecule has 2 N–H and O–H groups in total. The van der Waals surface area contributed by atoms with E-state index in [2.05, 4.69) is 18.3 Å². The molecule has 2 aromatic rings. The summed E-state index contributed by atoms with van der Waals surface area (Å²) in [6.45, 7) is 2.87. The zero-order chi connectivity index (χ0) is 26.9. The Balaban J connectivity index is 1.82. The van der Waals surface area contributed by atoms with E-state index in [0.717, 1.165) is 24.0 Å². The number of hydrogen-bond acceptors (Lipinski definition) is 4. The van der Waals surface area contributed by atoms with Gasteiger partial charge in [0.15, 0.2) is 0 Å². The summed E-state index contributed by atoms with van der Waals surface area (Å²) < 4.78 is -0.715. The van der Waals surface area contributed by atoms with Crippen LogP contribution in [-0.2, 0) is 20.0 Å². The van der Waals surface area contributed by atoms with Gasteiger partial charge in [0.2, 0.25) is 0 Å². The predicted molar refractivity (Wildman–Crippen MR) is 148 cm³/mol. The van der Waals surface area contributed by atoms with Crippen LogP contribution in [0.1, 0.15) is 98.2 Å². The van der Waals surface area contributed by atoms with E-state index in [9.17, 15) is 19.5 Å². The topological polar surface area (TPSA) is 107 Å². The molecule has 0 bridgehead atoms. The summed E-state index contributed by atoms with van der Waals surface area (Å²) in [6, 6.07) is 16.1. The van der Waals surface area contributed by atoms with E-state index >= 15 is 0 Å². The Kier molecular flexibility index (Phi) is 14.4. The van der Waals surface area contributed by atoms with Crippen LogP contribution in [0.5, 0.6) is 0 Å². The number of carbonyl (C=O) groups excluding carboxylic acids is 2. The van der Waals surface area contributed by atoms with E-state index in [1.54, 1.807) is 42.5 Å². The molecule has 0 aliphatic carbocycles. The van der Waals surface area contributed by atoms with Crippen LogP contribution in [0.3, 0.4) is 0 Å². The molecular weight excluding hydrogens is 527 g/mol. The van der Waals surface area contributed by atoms with Gasteiger partial charge >= 0.3 is 187 Å². The van der Waals surface area contributed by atoms with Crippen molar-refractivity contribution in [1.29, 1.82) is 5.26 Å². The van der Waals surface area contributed by atoms with Gasteiger partial charge in [0, 0.05) is 0 Å². The molecule has 0 heterocycles. The van der Waals surface area contributed by atoms with Crippen molar-refractivity contribution in [2.24, 2.45) is 0 Å². The average molecular weight is 567 g/mol. The van der Waals surface area contributed by atoms with Gasteiger partial charge in [-0.15, -0.1) is 0 Å². The molecule has 0 spiro atoms. The van der Waals surface area contributed by atoms with Crippen LogP contribution in [-0.4, -0.2) is 42.8 Å². The van der Waals surface area contributed by atoms with Gasteiger partial charge in [-0.3, -0.25) is 0 Å². The Bertz CT molecular complexity index is 1050. The van der Waals surface area contributed by atoms with Gasteiger partial charge in [-0.05, 0) is 0 Å².